The number of nitrogens with two attached hydrogens (primary N) is 1. The van der Waals surface area contributed by atoms with E-state index >= 15 is 0 Å². The average molecular weight is 311 g/mol. The summed E-state index contributed by atoms with van der Waals surface area (Å²) in [5.74, 6) is 5.52. The van der Waals surface area contributed by atoms with Crippen molar-refractivity contribution in [2.45, 2.75) is 42.7 Å². The molecule has 21 heavy (non-hydrogen) atoms. The summed E-state index contributed by atoms with van der Waals surface area (Å²) in [6, 6.07) is 3.40. The fraction of sp³-hybridized carbons (Fsp3) is 0.615. The minimum atomic E-state index is -3.62. The molecule has 2 unspecified atom stereocenters. The molecule has 1 aromatic rings. The number of pyridine rings is 1. The summed E-state index contributed by atoms with van der Waals surface area (Å²) in [7, 11) is -3.62. The number of fused-ring (bicyclic) bond motifs is 1. The molecule has 2 aliphatic rings. The fourth-order valence-electron chi connectivity index (χ4n) is 3.36. The number of rotatable bonds is 4. The summed E-state index contributed by atoms with van der Waals surface area (Å²) in [6.07, 6.45) is 5.80. The van der Waals surface area contributed by atoms with Gasteiger partial charge in [-0.25, -0.2) is 24.0 Å². The van der Waals surface area contributed by atoms with Crippen LogP contribution in [0.2, 0.25) is 0 Å². The van der Waals surface area contributed by atoms with Crippen LogP contribution >= 0.6 is 0 Å². The van der Waals surface area contributed by atoms with Gasteiger partial charge in [0.2, 0.25) is 10.0 Å². The van der Waals surface area contributed by atoms with Gasteiger partial charge in [0.05, 0.1) is 0 Å². The van der Waals surface area contributed by atoms with Crippen molar-refractivity contribution in [2.75, 3.05) is 18.5 Å². The molecule has 3 heterocycles. The van der Waals surface area contributed by atoms with Crippen molar-refractivity contribution < 1.29 is 8.42 Å². The zero-order valence-electron chi connectivity index (χ0n) is 11.8. The van der Waals surface area contributed by atoms with Gasteiger partial charge in [0, 0.05) is 24.8 Å². The van der Waals surface area contributed by atoms with E-state index < -0.39 is 10.0 Å². The van der Waals surface area contributed by atoms with E-state index in [1.807, 2.05) is 0 Å². The Labute approximate surface area is 124 Å². The molecule has 116 valence electrons. The van der Waals surface area contributed by atoms with E-state index in [1.54, 1.807) is 6.07 Å². The van der Waals surface area contributed by atoms with Crippen molar-refractivity contribution in [3.63, 3.8) is 0 Å². The first-order valence-corrected chi connectivity index (χ1v) is 8.78. The van der Waals surface area contributed by atoms with Gasteiger partial charge in [-0.3, -0.25) is 4.90 Å². The fourth-order valence-corrected chi connectivity index (χ4v) is 4.79. The number of anilines is 1. The minimum absolute atomic E-state index is 0.0267. The third kappa shape index (κ3) is 2.89. The van der Waals surface area contributed by atoms with E-state index in [0.717, 1.165) is 25.9 Å². The molecule has 2 fully saturated rings. The van der Waals surface area contributed by atoms with Crippen LogP contribution in [0.4, 0.5) is 5.82 Å². The molecule has 4 N–H and O–H groups in total. The molecule has 3 rings (SSSR count). The first-order chi connectivity index (χ1) is 10.1. The molecule has 1 aromatic heterocycles. The first-order valence-electron chi connectivity index (χ1n) is 7.30. The highest BCUT2D eigenvalue weighted by Gasteiger charge is 2.38. The largest absolute Gasteiger partial charge is 0.307 e. The van der Waals surface area contributed by atoms with Crippen molar-refractivity contribution in [2.24, 2.45) is 5.84 Å². The minimum Gasteiger partial charge on any atom is -0.307 e. The molecule has 8 heteroatoms. The highest BCUT2D eigenvalue weighted by atomic mass is 32.2. The second-order valence-corrected chi connectivity index (χ2v) is 7.29. The predicted molar refractivity (Wildman–Crippen MR) is 80.0 cm³/mol. The summed E-state index contributed by atoms with van der Waals surface area (Å²) in [5, 5.41) is 0. The molecule has 0 aromatic carbocycles. The number of nitrogens with zero attached hydrogens (tertiary/aromatic N) is 2. The highest BCUT2D eigenvalue weighted by molar-refractivity contribution is 7.89. The molecule has 2 saturated heterocycles. The van der Waals surface area contributed by atoms with E-state index in [-0.39, 0.29) is 16.8 Å². The average Bonchev–Trinajstić information content (AvgIpc) is 2.90. The molecular weight excluding hydrogens is 290 g/mol. The molecule has 0 bridgehead atoms. The zero-order chi connectivity index (χ0) is 14.9. The molecule has 0 saturated carbocycles. The van der Waals surface area contributed by atoms with Crippen molar-refractivity contribution in [1.29, 1.82) is 0 Å². The van der Waals surface area contributed by atoms with Crippen LogP contribution in [0.15, 0.2) is 23.2 Å². The number of hydrogen-bond donors (Lipinski definition) is 3. The number of hydrogen-bond acceptors (Lipinski definition) is 6. The van der Waals surface area contributed by atoms with E-state index in [9.17, 15) is 8.42 Å². The topological polar surface area (TPSA) is 100 Å². The highest BCUT2D eigenvalue weighted by Crippen LogP contribution is 2.28. The quantitative estimate of drug-likeness (QED) is 0.545. The van der Waals surface area contributed by atoms with Crippen molar-refractivity contribution in [1.82, 2.24) is 14.6 Å². The van der Waals surface area contributed by atoms with Crippen LogP contribution in [-0.4, -0.2) is 43.5 Å². The number of sulfonamides is 1. The molecule has 2 aliphatic heterocycles. The second-order valence-electron chi connectivity index (χ2n) is 5.61. The SMILES string of the molecule is NNc1ncccc1S(=O)(=O)NC1CCN2CCCCC12. The first kappa shape index (κ1) is 14.7. The van der Waals surface area contributed by atoms with Gasteiger partial charge < -0.3 is 5.43 Å². The Kier molecular flexibility index (Phi) is 4.12. The summed E-state index contributed by atoms with van der Waals surface area (Å²) < 4.78 is 28.0. The maximum Gasteiger partial charge on any atom is 0.244 e. The van der Waals surface area contributed by atoms with Gasteiger partial charge in [-0.2, -0.15) is 0 Å². The van der Waals surface area contributed by atoms with E-state index in [1.165, 1.54) is 25.1 Å². The smallest absolute Gasteiger partial charge is 0.244 e. The normalized spacial score (nSPS) is 26.5. The van der Waals surface area contributed by atoms with E-state index in [2.05, 4.69) is 20.0 Å². The lowest BCUT2D eigenvalue weighted by Crippen LogP contribution is -2.46. The van der Waals surface area contributed by atoms with Gasteiger partial charge in [-0.15, -0.1) is 0 Å². The number of aromatic nitrogens is 1. The number of piperidine rings is 1. The van der Waals surface area contributed by atoms with Crippen LogP contribution in [0.3, 0.4) is 0 Å². The van der Waals surface area contributed by atoms with Crippen LogP contribution < -0.4 is 16.0 Å². The maximum absolute atomic E-state index is 12.6. The monoisotopic (exact) mass is 311 g/mol. The van der Waals surface area contributed by atoms with Crippen LogP contribution in [0, 0.1) is 0 Å². The van der Waals surface area contributed by atoms with Crippen LogP contribution in [0.5, 0.6) is 0 Å². The van der Waals surface area contributed by atoms with Crippen molar-refractivity contribution in [3.05, 3.63) is 18.3 Å². The third-order valence-electron chi connectivity index (χ3n) is 4.36. The van der Waals surface area contributed by atoms with Gasteiger partial charge in [0.1, 0.15) is 4.90 Å². The maximum atomic E-state index is 12.6. The standard InChI is InChI=1S/C13H21N5O2S/c14-16-13-12(5-3-7-15-13)21(19,20)17-10-6-9-18-8-2-1-4-11(10)18/h3,5,7,10-11,17H,1-2,4,6,8-9,14H2,(H,15,16). The Hall–Kier alpha value is -1.22. The Morgan fingerprint density at radius 1 is 1.29 bits per heavy atom. The lowest BCUT2D eigenvalue weighted by Gasteiger charge is -2.32. The van der Waals surface area contributed by atoms with Crippen LogP contribution in [-0.2, 0) is 10.0 Å². The summed E-state index contributed by atoms with van der Waals surface area (Å²) in [4.78, 5) is 6.44. The predicted octanol–water partition coefficient (Wildman–Crippen LogP) is 0.272. The zero-order valence-corrected chi connectivity index (χ0v) is 12.6. The number of nitrogen functional groups attached to an aromatic ring is 1. The third-order valence-corrected chi connectivity index (χ3v) is 5.88. The van der Waals surface area contributed by atoms with Gasteiger partial charge in [0.25, 0.3) is 0 Å². The summed E-state index contributed by atoms with van der Waals surface area (Å²) in [5.41, 5.74) is 2.34. The molecule has 0 amide bonds. The van der Waals surface area contributed by atoms with Gasteiger partial charge in [0.15, 0.2) is 5.82 Å². The molecular formula is C13H21N5O2S. The van der Waals surface area contributed by atoms with Gasteiger partial charge in [-0.1, -0.05) is 6.42 Å². The summed E-state index contributed by atoms with van der Waals surface area (Å²) >= 11 is 0. The van der Waals surface area contributed by atoms with E-state index in [0.29, 0.717) is 6.04 Å². The summed E-state index contributed by atoms with van der Waals surface area (Å²) in [6.45, 7) is 2.04. The van der Waals surface area contributed by atoms with Crippen molar-refractivity contribution >= 4 is 15.8 Å². The Morgan fingerprint density at radius 2 is 2.14 bits per heavy atom. The second kappa shape index (κ2) is 5.88. The molecule has 7 nitrogen and oxygen atoms in total. The van der Waals surface area contributed by atoms with Gasteiger partial charge in [-0.05, 0) is 37.9 Å². The Bertz CT molecular complexity index is 606. The lowest BCUT2D eigenvalue weighted by atomic mass is 10.00. The Morgan fingerprint density at radius 3 is 2.95 bits per heavy atom. The number of hydrazine groups is 1. The molecule has 0 radical (unpaired) electrons. The van der Waals surface area contributed by atoms with Gasteiger partial charge >= 0.3 is 0 Å². The molecule has 2 atom stereocenters. The molecule has 0 spiro atoms. The molecule has 0 aliphatic carbocycles. The Balaban J connectivity index is 1.80. The number of nitrogens with one attached hydrogen (secondary N) is 2. The van der Waals surface area contributed by atoms with E-state index in [4.69, 9.17) is 5.84 Å². The van der Waals surface area contributed by atoms with Crippen molar-refractivity contribution in [3.8, 4) is 0 Å². The lowest BCUT2D eigenvalue weighted by molar-refractivity contribution is 0.186. The van der Waals surface area contributed by atoms with Crippen LogP contribution in [0.25, 0.3) is 0 Å². The van der Waals surface area contributed by atoms with Crippen LogP contribution in [0.1, 0.15) is 25.7 Å².